The van der Waals surface area contributed by atoms with Gasteiger partial charge in [0, 0.05) is 15.2 Å². The van der Waals surface area contributed by atoms with Gasteiger partial charge >= 0.3 is 0 Å². The molecule has 20 heavy (non-hydrogen) atoms. The summed E-state index contributed by atoms with van der Waals surface area (Å²) in [6.45, 7) is 0. The predicted octanol–water partition coefficient (Wildman–Crippen LogP) is 4.96. The lowest BCUT2D eigenvalue weighted by Gasteiger charge is -2.16. The number of rotatable bonds is 2. The van der Waals surface area contributed by atoms with Crippen molar-refractivity contribution in [2.45, 2.75) is 25.3 Å². The normalized spacial score (nSPS) is 39.2. The van der Waals surface area contributed by atoms with E-state index in [2.05, 4.69) is 39.5 Å². The second-order valence-electron chi connectivity index (χ2n) is 6.90. The van der Waals surface area contributed by atoms with E-state index in [1.165, 1.54) is 39.4 Å². The van der Waals surface area contributed by atoms with E-state index in [0.717, 1.165) is 29.6 Å². The fourth-order valence-corrected chi connectivity index (χ4v) is 7.05. The van der Waals surface area contributed by atoms with Crippen molar-refractivity contribution >= 4 is 37.4 Å². The molecule has 1 heterocycles. The lowest BCUT2D eigenvalue weighted by Crippen LogP contribution is -2.17. The molecule has 1 aromatic carbocycles. The third-order valence-corrected chi connectivity index (χ3v) is 8.12. The molecule has 3 fully saturated rings. The summed E-state index contributed by atoms with van der Waals surface area (Å²) in [4.78, 5) is 0. The highest BCUT2D eigenvalue weighted by atomic mass is 79.9. The molecule has 0 spiro atoms. The summed E-state index contributed by atoms with van der Waals surface area (Å²) >= 11 is 5.49. The summed E-state index contributed by atoms with van der Waals surface area (Å²) in [6, 6.07) is 6.75. The Balaban J connectivity index is 1.52. The number of nitrogens with two attached hydrogens (primary N) is 1. The molecule has 2 N–H and O–H groups in total. The fourth-order valence-electron chi connectivity index (χ4n) is 5.38. The molecule has 104 valence electrons. The van der Waals surface area contributed by atoms with Crippen molar-refractivity contribution < 1.29 is 0 Å². The van der Waals surface area contributed by atoms with Gasteiger partial charge in [-0.2, -0.15) is 0 Å². The van der Waals surface area contributed by atoms with E-state index in [1.54, 1.807) is 0 Å². The van der Waals surface area contributed by atoms with Crippen molar-refractivity contribution in [3.05, 3.63) is 33.6 Å². The van der Waals surface area contributed by atoms with E-state index >= 15 is 0 Å². The minimum absolute atomic E-state index is 0.261. The number of hydrogen-bond acceptors (Lipinski definition) is 2. The number of thiophene rings is 1. The largest absolute Gasteiger partial charge is 0.324 e. The average molecular weight is 348 g/mol. The first-order valence-electron chi connectivity index (χ1n) is 7.67. The molecular weight excluding hydrogens is 330 g/mol. The van der Waals surface area contributed by atoms with Crippen LogP contribution in [0.1, 0.15) is 30.9 Å². The smallest absolute Gasteiger partial charge is 0.0488 e. The Kier molecular flexibility index (Phi) is 2.49. The molecule has 5 atom stereocenters. The molecule has 0 radical (unpaired) electrons. The number of fused-ring (bicyclic) bond motifs is 6. The van der Waals surface area contributed by atoms with Crippen LogP contribution in [0.25, 0.3) is 10.1 Å². The molecule has 0 amide bonds. The van der Waals surface area contributed by atoms with Gasteiger partial charge in [0.1, 0.15) is 0 Å². The van der Waals surface area contributed by atoms with E-state index in [0.29, 0.717) is 0 Å². The van der Waals surface area contributed by atoms with Crippen LogP contribution in [0.3, 0.4) is 0 Å². The van der Waals surface area contributed by atoms with Crippen molar-refractivity contribution in [1.29, 1.82) is 0 Å². The number of benzene rings is 1. The highest BCUT2D eigenvalue weighted by molar-refractivity contribution is 9.10. The van der Waals surface area contributed by atoms with Crippen LogP contribution in [-0.2, 0) is 0 Å². The first-order valence-corrected chi connectivity index (χ1v) is 9.34. The van der Waals surface area contributed by atoms with Gasteiger partial charge in [-0.15, -0.1) is 11.3 Å². The van der Waals surface area contributed by atoms with Crippen molar-refractivity contribution in [2.75, 3.05) is 0 Å². The molecule has 0 saturated heterocycles. The minimum Gasteiger partial charge on any atom is -0.324 e. The molecule has 1 aromatic heterocycles. The van der Waals surface area contributed by atoms with E-state index < -0.39 is 0 Å². The number of hydrogen-bond donors (Lipinski definition) is 1. The summed E-state index contributed by atoms with van der Waals surface area (Å²) in [7, 11) is 0. The van der Waals surface area contributed by atoms with Gasteiger partial charge < -0.3 is 5.73 Å². The van der Waals surface area contributed by atoms with Crippen LogP contribution < -0.4 is 5.73 Å². The van der Waals surface area contributed by atoms with Gasteiger partial charge in [0.05, 0.1) is 0 Å². The summed E-state index contributed by atoms with van der Waals surface area (Å²) in [5.41, 5.74) is 8.09. The molecule has 1 nitrogen and oxygen atoms in total. The minimum atomic E-state index is 0.261. The molecule has 2 bridgehead atoms. The van der Waals surface area contributed by atoms with E-state index in [1.807, 2.05) is 11.3 Å². The van der Waals surface area contributed by atoms with E-state index in [-0.39, 0.29) is 6.04 Å². The fraction of sp³-hybridized carbons (Fsp3) is 0.529. The Labute approximate surface area is 131 Å². The topological polar surface area (TPSA) is 26.0 Å². The van der Waals surface area contributed by atoms with Crippen LogP contribution in [0.15, 0.2) is 28.1 Å². The average Bonchev–Trinajstić information content (AvgIpc) is 2.83. The quantitative estimate of drug-likeness (QED) is 0.816. The van der Waals surface area contributed by atoms with Gasteiger partial charge in [0.15, 0.2) is 0 Å². The number of halogens is 1. The maximum absolute atomic E-state index is 6.69. The molecule has 5 unspecified atom stereocenters. The van der Waals surface area contributed by atoms with Gasteiger partial charge in [-0.3, -0.25) is 0 Å². The zero-order valence-corrected chi connectivity index (χ0v) is 13.7. The van der Waals surface area contributed by atoms with E-state index in [4.69, 9.17) is 5.73 Å². The first-order chi connectivity index (χ1) is 9.75. The van der Waals surface area contributed by atoms with Crippen LogP contribution in [0.4, 0.5) is 0 Å². The Hall–Kier alpha value is -0.380. The Morgan fingerprint density at radius 1 is 1.20 bits per heavy atom. The van der Waals surface area contributed by atoms with Gasteiger partial charge in [0.25, 0.3) is 0 Å². The standard InChI is InChI=1S/C17H18BrNS/c18-12-3-1-2-10-11(7-20-17(10)12)16(19)15-13-8-4-5-9(6-8)14(13)15/h1-3,7-9,13-16H,4-6,19H2. The first kappa shape index (κ1) is 12.2. The lowest BCUT2D eigenvalue weighted by atomic mass is 9.93. The Bertz CT molecular complexity index is 677. The second kappa shape index (κ2) is 4.08. The van der Waals surface area contributed by atoms with E-state index in [9.17, 15) is 0 Å². The van der Waals surface area contributed by atoms with Gasteiger partial charge in [0.2, 0.25) is 0 Å². The van der Waals surface area contributed by atoms with Crippen LogP contribution in [0.5, 0.6) is 0 Å². The summed E-state index contributed by atoms with van der Waals surface area (Å²) in [6.07, 6.45) is 4.46. The van der Waals surface area contributed by atoms with Crippen LogP contribution >= 0.6 is 27.3 Å². The Morgan fingerprint density at radius 2 is 1.95 bits per heavy atom. The third kappa shape index (κ3) is 1.47. The molecule has 2 aromatic rings. The third-order valence-electron chi connectivity index (χ3n) is 6.15. The Morgan fingerprint density at radius 3 is 2.70 bits per heavy atom. The molecular formula is C17H18BrNS. The van der Waals surface area contributed by atoms with Crippen LogP contribution in [0.2, 0.25) is 0 Å². The van der Waals surface area contributed by atoms with Crippen LogP contribution in [0, 0.1) is 29.6 Å². The van der Waals surface area contributed by atoms with Gasteiger partial charge in [-0.1, -0.05) is 12.1 Å². The molecule has 3 saturated carbocycles. The van der Waals surface area contributed by atoms with Gasteiger partial charge in [-0.25, -0.2) is 0 Å². The monoisotopic (exact) mass is 347 g/mol. The van der Waals surface area contributed by atoms with Crippen molar-refractivity contribution in [1.82, 2.24) is 0 Å². The molecule has 3 aliphatic rings. The van der Waals surface area contributed by atoms with Crippen molar-refractivity contribution in [3.63, 3.8) is 0 Å². The zero-order chi connectivity index (χ0) is 13.4. The summed E-state index contributed by atoms with van der Waals surface area (Å²) in [5.74, 6) is 4.73. The molecule has 3 heteroatoms. The maximum Gasteiger partial charge on any atom is 0.0488 e. The van der Waals surface area contributed by atoms with Gasteiger partial charge in [-0.05, 0) is 87.2 Å². The second-order valence-corrected chi connectivity index (χ2v) is 8.63. The predicted molar refractivity (Wildman–Crippen MR) is 87.8 cm³/mol. The summed E-state index contributed by atoms with van der Waals surface area (Å²) < 4.78 is 2.56. The maximum atomic E-state index is 6.69. The zero-order valence-electron chi connectivity index (χ0n) is 11.3. The molecule has 3 aliphatic carbocycles. The van der Waals surface area contributed by atoms with Crippen molar-refractivity contribution in [3.8, 4) is 0 Å². The molecule has 0 aliphatic heterocycles. The van der Waals surface area contributed by atoms with Crippen LogP contribution in [-0.4, -0.2) is 0 Å². The summed E-state index contributed by atoms with van der Waals surface area (Å²) in [5, 5.41) is 3.67. The lowest BCUT2D eigenvalue weighted by molar-refractivity contribution is 0.419. The SMILES string of the molecule is NC(c1csc2c(Br)cccc12)C1C2C3CCC(C3)C21. The molecule has 5 rings (SSSR count). The van der Waals surface area contributed by atoms with Crippen molar-refractivity contribution in [2.24, 2.45) is 35.3 Å². The highest BCUT2D eigenvalue weighted by Crippen LogP contribution is 2.72. The highest BCUT2D eigenvalue weighted by Gasteiger charge is 2.66.